The third kappa shape index (κ3) is 4.49. The van der Waals surface area contributed by atoms with Crippen molar-refractivity contribution in [3.8, 4) is 0 Å². The summed E-state index contributed by atoms with van der Waals surface area (Å²) in [5.41, 5.74) is 0. The van der Waals surface area contributed by atoms with Crippen LogP contribution in [0.15, 0.2) is 0 Å². The van der Waals surface area contributed by atoms with Crippen LogP contribution in [0.1, 0.15) is 33.1 Å². The summed E-state index contributed by atoms with van der Waals surface area (Å²) >= 11 is 0. The predicted octanol–water partition coefficient (Wildman–Crippen LogP) is 1.08. The molecule has 0 bridgehead atoms. The summed E-state index contributed by atoms with van der Waals surface area (Å²) in [7, 11) is 2.17. The topological polar surface area (TPSA) is 35.5 Å². The Morgan fingerprint density at radius 2 is 2.00 bits per heavy atom. The highest BCUT2D eigenvalue weighted by molar-refractivity contribution is 4.77. The standard InChI is InChI=1S/C12H26N2O/c1-4-10(2)12(15)9-13-11-5-7-14(3)8-6-11/h10-13,15H,4-9H2,1-3H3. The van der Waals surface area contributed by atoms with Crippen molar-refractivity contribution in [3.63, 3.8) is 0 Å². The monoisotopic (exact) mass is 214 g/mol. The molecule has 1 aliphatic rings. The van der Waals surface area contributed by atoms with Crippen molar-refractivity contribution in [2.45, 2.75) is 45.3 Å². The number of rotatable bonds is 5. The number of nitrogens with zero attached hydrogens (tertiary/aromatic N) is 1. The Balaban J connectivity index is 2.14. The van der Waals surface area contributed by atoms with Crippen molar-refractivity contribution >= 4 is 0 Å². The molecular formula is C12H26N2O. The Morgan fingerprint density at radius 1 is 1.40 bits per heavy atom. The third-order valence-electron chi connectivity index (χ3n) is 3.64. The minimum Gasteiger partial charge on any atom is -0.392 e. The highest BCUT2D eigenvalue weighted by Crippen LogP contribution is 2.10. The van der Waals surface area contributed by atoms with Crippen molar-refractivity contribution in [1.29, 1.82) is 0 Å². The van der Waals surface area contributed by atoms with Crippen molar-refractivity contribution in [3.05, 3.63) is 0 Å². The first-order valence-corrected chi connectivity index (χ1v) is 6.23. The number of hydrogen-bond acceptors (Lipinski definition) is 3. The molecule has 0 aromatic heterocycles. The molecule has 0 radical (unpaired) electrons. The van der Waals surface area contributed by atoms with Crippen LogP contribution in [-0.2, 0) is 0 Å². The van der Waals surface area contributed by atoms with E-state index in [4.69, 9.17) is 0 Å². The second-order valence-electron chi connectivity index (χ2n) is 4.94. The minimum atomic E-state index is -0.186. The SMILES string of the molecule is CCC(C)C(O)CNC1CCN(C)CC1. The highest BCUT2D eigenvalue weighted by atomic mass is 16.3. The van der Waals surface area contributed by atoms with Gasteiger partial charge in [0.25, 0.3) is 0 Å². The van der Waals surface area contributed by atoms with Crippen LogP contribution in [0.25, 0.3) is 0 Å². The Bertz CT molecular complexity index is 167. The van der Waals surface area contributed by atoms with E-state index in [-0.39, 0.29) is 6.10 Å². The van der Waals surface area contributed by atoms with Gasteiger partial charge in [0.1, 0.15) is 0 Å². The molecule has 2 atom stereocenters. The maximum atomic E-state index is 9.83. The molecule has 0 aromatic carbocycles. The van der Waals surface area contributed by atoms with Gasteiger partial charge in [-0.15, -0.1) is 0 Å². The molecular weight excluding hydrogens is 188 g/mol. The third-order valence-corrected chi connectivity index (χ3v) is 3.64. The molecule has 90 valence electrons. The fraction of sp³-hybridized carbons (Fsp3) is 1.00. The average Bonchev–Trinajstić information content (AvgIpc) is 2.26. The van der Waals surface area contributed by atoms with Crippen LogP contribution in [-0.4, -0.2) is 48.8 Å². The summed E-state index contributed by atoms with van der Waals surface area (Å²) in [6.45, 7) is 7.35. The summed E-state index contributed by atoms with van der Waals surface area (Å²) in [6, 6.07) is 0.611. The summed E-state index contributed by atoms with van der Waals surface area (Å²) in [5, 5.41) is 13.3. The number of piperidine rings is 1. The second kappa shape index (κ2) is 6.46. The molecule has 1 saturated heterocycles. The van der Waals surface area contributed by atoms with Crippen LogP contribution in [0, 0.1) is 5.92 Å². The Kier molecular flexibility index (Phi) is 5.58. The molecule has 0 amide bonds. The average molecular weight is 214 g/mol. The van der Waals surface area contributed by atoms with Gasteiger partial charge in [-0.1, -0.05) is 20.3 Å². The van der Waals surface area contributed by atoms with E-state index in [1.807, 2.05) is 0 Å². The number of nitrogens with one attached hydrogen (secondary N) is 1. The number of aliphatic hydroxyl groups excluding tert-OH is 1. The summed E-state index contributed by atoms with van der Waals surface area (Å²) < 4.78 is 0. The molecule has 1 fully saturated rings. The van der Waals surface area contributed by atoms with Gasteiger partial charge in [-0.3, -0.25) is 0 Å². The lowest BCUT2D eigenvalue weighted by molar-refractivity contribution is 0.105. The maximum absolute atomic E-state index is 9.83. The Morgan fingerprint density at radius 3 is 2.53 bits per heavy atom. The second-order valence-corrected chi connectivity index (χ2v) is 4.94. The van der Waals surface area contributed by atoms with E-state index in [0.29, 0.717) is 12.0 Å². The fourth-order valence-electron chi connectivity index (χ4n) is 1.97. The minimum absolute atomic E-state index is 0.186. The number of likely N-dealkylation sites (tertiary alicyclic amines) is 1. The van der Waals surface area contributed by atoms with Crippen molar-refractivity contribution < 1.29 is 5.11 Å². The molecule has 0 aromatic rings. The van der Waals surface area contributed by atoms with Gasteiger partial charge >= 0.3 is 0 Å². The predicted molar refractivity (Wildman–Crippen MR) is 64.0 cm³/mol. The van der Waals surface area contributed by atoms with Crippen molar-refractivity contribution in [2.24, 2.45) is 5.92 Å². The zero-order valence-corrected chi connectivity index (χ0v) is 10.4. The smallest absolute Gasteiger partial charge is 0.0690 e. The van der Waals surface area contributed by atoms with Gasteiger partial charge in [0.05, 0.1) is 6.10 Å². The van der Waals surface area contributed by atoms with Gasteiger partial charge in [0.15, 0.2) is 0 Å². The zero-order chi connectivity index (χ0) is 11.3. The van der Waals surface area contributed by atoms with Crippen LogP contribution in [0.5, 0.6) is 0 Å². The van der Waals surface area contributed by atoms with E-state index in [1.165, 1.54) is 25.9 Å². The first-order chi connectivity index (χ1) is 7.13. The number of aliphatic hydroxyl groups is 1. The van der Waals surface area contributed by atoms with Crippen LogP contribution in [0.3, 0.4) is 0 Å². The summed E-state index contributed by atoms with van der Waals surface area (Å²) in [4.78, 5) is 2.36. The fourth-order valence-corrected chi connectivity index (χ4v) is 1.97. The van der Waals surface area contributed by atoms with Gasteiger partial charge < -0.3 is 15.3 Å². The quantitative estimate of drug-likeness (QED) is 0.719. The normalized spacial score (nSPS) is 24.0. The van der Waals surface area contributed by atoms with Gasteiger partial charge in [-0.05, 0) is 38.9 Å². The molecule has 3 heteroatoms. The first kappa shape index (κ1) is 12.9. The van der Waals surface area contributed by atoms with Gasteiger partial charge in [0.2, 0.25) is 0 Å². The van der Waals surface area contributed by atoms with E-state index in [1.54, 1.807) is 0 Å². The number of hydrogen-bond donors (Lipinski definition) is 2. The maximum Gasteiger partial charge on any atom is 0.0690 e. The molecule has 2 N–H and O–H groups in total. The Labute approximate surface area is 93.9 Å². The summed E-state index contributed by atoms with van der Waals surface area (Å²) in [6.07, 6.45) is 3.29. The lowest BCUT2D eigenvalue weighted by Gasteiger charge is -2.30. The van der Waals surface area contributed by atoms with Crippen molar-refractivity contribution in [2.75, 3.05) is 26.7 Å². The van der Waals surface area contributed by atoms with Crippen LogP contribution in [0.2, 0.25) is 0 Å². The molecule has 1 aliphatic heterocycles. The highest BCUT2D eigenvalue weighted by Gasteiger charge is 2.18. The van der Waals surface area contributed by atoms with Crippen molar-refractivity contribution in [1.82, 2.24) is 10.2 Å². The van der Waals surface area contributed by atoms with E-state index in [2.05, 4.69) is 31.1 Å². The molecule has 0 spiro atoms. The lowest BCUT2D eigenvalue weighted by Crippen LogP contribution is -2.44. The van der Waals surface area contributed by atoms with Gasteiger partial charge in [0, 0.05) is 12.6 Å². The molecule has 1 heterocycles. The van der Waals surface area contributed by atoms with Gasteiger partial charge in [-0.25, -0.2) is 0 Å². The molecule has 0 aliphatic carbocycles. The van der Waals surface area contributed by atoms with E-state index in [0.717, 1.165) is 13.0 Å². The van der Waals surface area contributed by atoms with Crippen LogP contribution >= 0.6 is 0 Å². The van der Waals surface area contributed by atoms with E-state index >= 15 is 0 Å². The van der Waals surface area contributed by atoms with E-state index < -0.39 is 0 Å². The van der Waals surface area contributed by atoms with Gasteiger partial charge in [-0.2, -0.15) is 0 Å². The first-order valence-electron chi connectivity index (χ1n) is 6.23. The molecule has 2 unspecified atom stereocenters. The van der Waals surface area contributed by atoms with Crippen LogP contribution in [0.4, 0.5) is 0 Å². The zero-order valence-electron chi connectivity index (χ0n) is 10.4. The van der Waals surface area contributed by atoms with Crippen LogP contribution < -0.4 is 5.32 Å². The Hall–Kier alpha value is -0.120. The molecule has 3 nitrogen and oxygen atoms in total. The lowest BCUT2D eigenvalue weighted by atomic mass is 10.0. The molecule has 1 rings (SSSR count). The molecule has 15 heavy (non-hydrogen) atoms. The summed E-state index contributed by atoms with van der Waals surface area (Å²) in [5.74, 6) is 0.406. The largest absolute Gasteiger partial charge is 0.392 e. The molecule has 0 saturated carbocycles. The van der Waals surface area contributed by atoms with E-state index in [9.17, 15) is 5.11 Å².